The molecule has 2 N–H and O–H groups in total. The number of ether oxygens (including phenoxy) is 1. The smallest absolute Gasteiger partial charge is 0.244 e. The Labute approximate surface area is 198 Å². The summed E-state index contributed by atoms with van der Waals surface area (Å²) in [6, 6.07) is 10.1. The molecule has 0 aliphatic carbocycles. The van der Waals surface area contributed by atoms with Crippen molar-refractivity contribution in [1.82, 2.24) is 29.4 Å². The molecule has 0 bridgehead atoms. The van der Waals surface area contributed by atoms with Gasteiger partial charge in [0.1, 0.15) is 16.5 Å². The first kappa shape index (κ1) is 23.9. The summed E-state index contributed by atoms with van der Waals surface area (Å²) < 4.78 is 34.6. The molecule has 3 aromatic rings. The molecule has 11 nitrogen and oxygen atoms in total. The summed E-state index contributed by atoms with van der Waals surface area (Å²) in [5.41, 5.74) is 0.576. The lowest BCUT2D eigenvalue weighted by molar-refractivity contribution is -0.133. The highest BCUT2D eigenvalue weighted by Gasteiger charge is 2.19. The maximum absolute atomic E-state index is 12.7. The molecule has 1 aliphatic rings. The van der Waals surface area contributed by atoms with Crippen LogP contribution in [-0.2, 0) is 21.2 Å². The number of aromatic nitrogens is 4. The van der Waals surface area contributed by atoms with E-state index >= 15 is 0 Å². The Morgan fingerprint density at radius 3 is 2.76 bits per heavy atom. The third-order valence-electron chi connectivity index (χ3n) is 5.66. The molecule has 1 aromatic carbocycles. The first-order valence-electron chi connectivity index (χ1n) is 11.3. The number of para-hydroxylation sites is 1. The van der Waals surface area contributed by atoms with Crippen LogP contribution in [0.2, 0.25) is 0 Å². The number of piperidine rings is 1. The number of methoxy groups -OCH3 is 1. The second-order valence-electron chi connectivity index (χ2n) is 8.02. The molecule has 0 radical (unpaired) electrons. The van der Waals surface area contributed by atoms with E-state index in [0.29, 0.717) is 36.7 Å². The van der Waals surface area contributed by atoms with E-state index in [2.05, 4.69) is 25.3 Å². The number of rotatable bonds is 11. The molecule has 0 atom stereocenters. The summed E-state index contributed by atoms with van der Waals surface area (Å²) in [7, 11) is -2.31. The summed E-state index contributed by atoms with van der Waals surface area (Å²) in [6.07, 6.45) is 3.84. The zero-order valence-electron chi connectivity index (χ0n) is 19.1. The number of anilines is 1. The number of hydrogen-bond acceptors (Lipinski definition) is 8. The lowest BCUT2D eigenvalue weighted by Crippen LogP contribution is -2.36. The predicted octanol–water partition coefficient (Wildman–Crippen LogP) is 1.47. The van der Waals surface area contributed by atoms with E-state index in [-0.39, 0.29) is 23.1 Å². The van der Waals surface area contributed by atoms with Gasteiger partial charge in [0.25, 0.3) is 0 Å². The Morgan fingerprint density at radius 1 is 1.09 bits per heavy atom. The molecular formula is C22H29N7O4S. The molecule has 3 heterocycles. The maximum Gasteiger partial charge on any atom is 0.244 e. The van der Waals surface area contributed by atoms with Crippen LogP contribution in [0.25, 0.3) is 5.65 Å². The zero-order chi connectivity index (χ0) is 24.0. The highest BCUT2D eigenvalue weighted by molar-refractivity contribution is 7.89. The summed E-state index contributed by atoms with van der Waals surface area (Å²) in [5, 5.41) is 16.1. The van der Waals surface area contributed by atoms with Crippen molar-refractivity contribution in [3.05, 3.63) is 42.2 Å². The molecule has 0 unspecified atom stereocenters. The SMILES string of the molecule is COc1ccccc1S(=O)(=O)NCCc1nnc2ccc(NCCCN3CCCCC3=O)nn12. The van der Waals surface area contributed by atoms with Crippen molar-refractivity contribution in [3.8, 4) is 5.75 Å². The van der Waals surface area contributed by atoms with E-state index in [9.17, 15) is 13.2 Å². The van der Waals surface area contributed by atoms with E-state index < -0.39 is 10.0 Å². The number of sulfonamides is 1. The van der Waals surface area contributed by atoms with Gasteiger partial charge in [-0.2, -0.15) is 4.52 Å². The van der Waals surface area contributed by atoms with Gasteiger partial charge in [-0.15, -0.1) is 15.3 Å². The van der Waals surface area contributed by atoms with Crippen LogP contribution in [-0.4, -0.2) is 72.3 Å². The van der Waals surface area contributed by atoms with Crippen LogP contribution < -0.4 is 14.8 Å². The monoisotopic (exact) mass is 487 g/mol. The van der Waals surface area contributed by atoms with E-state index in [1.807, 2.05) is 11.0 Å². The second kappa shape index (κ2) is 10.8. The van der Waals surface area contributed by atoms with Gasteiger partial charge >= 0.3 is 0 Å². The number of nitrogens with one attached hydrogen (secondary N) is 2. The highest BCUT2D eigenvalue weighted by Crippen LogP contribution is 2.22. The Kier molecular flexibility index (Phi) is 7.58. The molecule has 2 aromatic heterocycles. The number of carbonyl (C=O) groups is 1. The van der Waals surface area contributed by atoms with Crippen molar-refractivity contribution in [2.45, 2.75) is 37.0 Å². The van der Waals surface area contributed by atoms with Crippen molar-refractivity contribution < 1.29 is 17.9 Å². The van der Waals surface area contributed by atoms with Gasteiger partial charge in [-0.25, -0.2) is 13.1 Å². The Balaban J connectivity index is 1.32. The number of nitrogens with zero attached hydrogens (tertiary/aromatic N) is 5. The molecule has 12 heteroatoms. The Hall–Kier alpha value is -3.25. The van der Waals surface area contributed by atoms with Gasteiger partial charge in [-0.05, 0) is 43.5 Å². The average molecular weight is 488 g/mol. The van der Waals surface area contributed by atoms with Crippen molar-refractivity contribution in [2.75, 3.05) is 38.6 Å². The molecule has 0 spiro atoms. The Bertz CT molecular complexity index is 1250. The number of benzene rings is 1. The molecule has 34 heavy (non-hydrogen) atoms. The van der Waals surface area contributed by atoms with Crippen LogP contribution in [0, 0.1) is 0 Å². The van der Waals surface area contributed by atoms with Gasteiger partial charge < -0.3 is 15.0 Å². The maximum atomic E-state index is 12.7. The fourth-order valence-electron chi connectivity index (χ4n) is 3.88. The second-order valence-corrected chi connectivity index (χ2v) is 9.76. The van der Waals surface area contributed by atoms with Gasteiger partial charge in [-0.1, -0.05) is 12.1 Å². The number of hydrogen-bond donors (Lipinski definition) is 2. The third-order valence-corrected chi connectivity index (χ3v) is 7.16. The fourth-order valence-corrected chi connectivity index (χ4v) is 5.08. The number of amides is 1. The van der Waals surface area contributed by atoms with Crippen LogP contribution in [0.15, 0.2) is 41.3 Å². The molecule has 1 aliphatic heterocycles. The van der Waals surface area contributed by atoms with Crippen molar-refractivity contribution in [2.24, 2.45) is 0 Å². The van der Waals surface area contributed by atoms with Crippen LogP contribution in [0.4, 0.5) is 5.82 Å². The summed E-state index contributed by atoms with van der Waals surface area (Å²) in [5.74, 6) is 1.72. The van der Waals surface area contributed by atoms with E-state index in [0.717, 1.165) is 32.4 Å². The zero-order valence-corrected chi connectivity index (χ0v) is 19.9. The van der Waals surface area contributed by atoms with E-state index in [1.165, 1.54) is 13.2 Å². The number of fused-ring (bicyclic) bond motifs is 1. The van der Waals surface area contributed by atoms with Crippen LogP contribution in [0.3, 0.4) is 0 Å². The fraction of sp³-hybridized carbons (Fsp3) is 0.455. The number of likely N-dealkylation sites (tertiary alicyclic amines) is 1. The van der Waals surface area contributed by atoms with Crippen molar-refractivity contribution >= 4 is 27.4 Å². The molecule has 1 saturated heterocycles. The Morgan fingerprint density at radius 2 is 1.94 bits per heavy atom. The lowest BCUT2D eigenvalue weighted by Gasteiger charge is -2.26. The van der Waals surface area contributed by atoms with E-state index in [1.54, 1.807) is 28.8 Å². The first-order valence-corrected chi connectivity index (χ1v) is 12.8. The predicted molar refractivity (Wildman–Crippen MR) is 126 cm³/mol. The quantitative estimate of drug-likeness (QED) is 0.389. The summed E-state index contributed by atoms with van der Waals surface area (Å²) >= 11 is 0. The van der Waals surface area contributed by atoms with Gasteiger partial charge in [0, 0.05) is 39.0 Å². The number of carbonyl (C=O) groups excluding carboxylic acids is 1. The minimum Gasteiger partial charge on any atom is -0.495 e. The molecule has 4 rings (SSSR count). The largest absolute Gasteiger partial charge is 0.495 e. The molecule has 0 saturated carbocycles. The van der Waals surface area contributed by atoms with Crippen LogP contribution >= 0.6 is 0 Å². The summed E-state index contributed by atoms with van der Waals surface area (Å²) in [6.45, 7) is 2.38. The lowest BCUT2D eigenvalue weighted by atomic mass is 10.1. The molecule has 182 valence electrons. The average Bonchev–Trinajstić information content (AvgIpc) is 3.25. The minimum absolute atomic E-state index is 0.0828. The standard InChI is InChI=1S/C22H29N7O4S/c1-33-17-7-2-3-8-18(17)34(31,32)24-14-12-21-26-25-20-11-10-19(27-29(20)21)23-13-6-16-28-15-5-4-9-22(28)30/h2-3,7-8,10-11,24H,4-6,9,12-16H2,1H3,(H,23,27). The third kappa shape index (κ3) is 5.62. The highest BCUT2D eigenvalue weighted by atomic mass is 32.2. The minimum atomic E-state index is -3.74. The molecular weight excluding hydrogens is 458 g/mol. The van der Waals surface area contributed by atoms with Crippen molar-refractivity contribution in [1.29, 1.82) is 0 Å². The topological polar surface area (TPSA) is 131 Å². The van der Waals surface area contributed by atoms with Gasteiger partial charge in [-0.3, -0.25) is 4.79 Å². The summed E-state index contributed by atoms with van der Waals surface area (Å²) in [4.78, 5) is 13.9. The normalized spacial score (nSPS) is 14.5. The molecule has 1 amide bonds. The van der Waals surface area contributed by atoms with E-state index in [4.69, 9.17) is 4.74 Å². The van der Waals surface area contributed by atoms with Gasteiger partial charge in [0.05, 0.1) is 7.11 Å². The first-order chi connectivity index (χ1) is 16.5. The van der Waals surface area contributed by atoms with Gasteiger partial charge in [0.2, 0.25) is 15.9 Å². The van der Waals surface area contributed by atoms with Crippen molar-refractivity contribution in [3.63, 3.8) is 0 Å². The van der Waals surface area contributed by atoms with Crippen LogP contribution in [0.1, 0.15) is 31.5 Å². The van der Waals surface area contributed by atoms with Gasteiger partial charge in [0.15, 0.2) is 11.5 Å². The van der Waals surface area contributed by atoms with Crippen LogP contribution in [0.5, 0.6) is 5.75 Å². The molecule has 1 fully saturated rings.